The summed E-state index contributed by atoms with van der Waals surface area (Å²) in [5.41, 5.74) is 6.31. The molecule has 0 saturated carbocycles. The summed E-state index contributed by atoms with van der Waals surface area (Å²) < 4.78 is 0. The lowest BCUT2D eigenvalue weighted by molar-refractivity contribution is 1.66. The monoisotopic (exact) mass is 470 g/mol. The van der Waals surface area contributed by atoms with E-state index in [4.69, 9.17) is 31.4 Å². The lowest BCUT2D eigenvalue weighted by Gasteiger charge is -2.20. The van der Waals surface area contributed by atoms with E-state index in [-0.39, 0.29) is 0 Å². The highest BCUT2D eigenvalue weighted by Gasteiger charge is 2.17. The second kappa shape index (κ2) is 8.71. The first-order chi connectivity index (χ1) is 18.5. The van der Waals surface area contributed by atoms with Crippen LogP contribution in [0.5, 0.6) is 0 Å². The maximum Gasteiger partial charge on any atom is 0.113 e. The second-order valence-electron chi connectivity index (χ2n) is 9.79. The van der Waals surface area contributed by atoms with Gasteiger partial charge in [-0.15, -0.1) is 10.9 Å². The predicted molar refractivity (Wildman–Crippen MR) is 169 cm³/mol. The minimum atomic E-state index is 0.330. The number of benzene rings is 7. The van der Waals surface area contributed by atoms with Crippen molar-refractivity contribution in [3.63, 3.8) is 0 Å². The van der Waals surface area contributed by atoms with Gasteiger partial charge in [0.2, 0.25) is 0 Å². The molecule has 7 aromatic rings. The van der Waals surface area contributed by atoms with Gasteiger partial charge in [-0.1, -0.05) is 114 Å². The summed E-state index contributed by atoms with van der Waals surface area (Å²) in [6, 6.07) is 38.4. The Morgan fingerprint density at radius 3 is 1.45 bits per heavy atom. The highest BCUT2D eigenvalue weighted by molar-refractivity contribution is 6.67. The van der Waals surface area contributed by atoms with Gasteiger partial charge in [-0.25, -0.2) is 0 Å². The molecule has 0 spiro atoms. The molecular weight excluding hydrogens is 452 g/mol. The molecule has 0 aliphatic carbocycles. The lowest BCUT2D eigenvalue weighted by atomic mass is 9.64. The average molecular weight is 470 g/mol. The predicted octanol–water partition coefficient (Wildman–Crippen LogP) is 4.81. The van der Waals surface area contributed by atoms with Crippen LogP contribution in [0.4, 0.5) is 0 Å². The number of hydrogen-bond donors (Lipinski definition) is 0. The fourth-order valence-corrected chi connectivity index (χ4v) is 5.91. The zero-order valence-corrected chi connectivity index (χ0v) is 20.7. The van der Waals surface area contributed by atoms with Crippen LogP contribution in [0, 0.1) is 0 Å². The van der Waals surface area contributed by atoms with E-state index in [1.54, 1.807) is 0 Å². The minimum Gasteiger partial charge on any atom is -0.110 e. The quantitative estimate of drug-likeness (QED) is 0.194. The number of rotatable bonds is 2. The molecule has 0 fully saturated rings. The van der Waals surface area contributed by atoms with Crippen molar-refractivity contribution < 1.29 is 0 Å². The molecular formula is C34H18B4. The SMILES string of the molecule is [B]c1c([B])c([B])c2c(ccc3ccc(-c4c5ccccc5c(-c5ccccc5)c5ccccc45)cc32)c1[B]. The molecule has 0 amide bonds. The van der Waals surface area contributed by atoms with Gasteiger partial charge in [0, 0.05) is 0 Å². The molecule has 166 valence electrons. The first-order valence-corrected chi connectivity index (χ1v) is 12.6. The van der Waals surface area contributed by atoms with Gasteiger partial charge in [-0.05, 0) is 71.4 Å². The van der Waals surface area contributed by atoms with E-state index in [1.165, 1.54) is 38.2 Å². The van der Waals surface area contributed by atoms with E-state index in [1.807, 2.05) is 6.07 Å². The van der Waals surface area contributed by atoms with Crippen molar-refractivity contribution in [2.45, 2.75) is 0 Å². The van der Waals surface area contributed by atoms with Crippen molar-refractivity contribution in [1.82, 2.24) is 0 Å². The Labute approximate surface area is 227 Å². The Morgan fingerprint density at radius 2 is 0.842 bits per heavy atom. The van der Waals surface area contributed by atoms with Crippen LogP contribution >= 0.6 is 0 Å². The molecule has 0 unspecified atom stereocenters. The molecule has 8 radical (unpaired) electrons. The van der Waals surface area contributed by atoms with Crippen molar-refractivity contribution in [2.75, 3.05) is 0 Å². The van der Waals surface area contributed by atoms with Gasteiger partial charge >= 0.3 is 0 Å². The number of fused-ring (bicyclic) bond motifs is 5. The van der Waals surface area contributed by atoms with Crippen molar-refractivity contribution in [3.8, 4) is 22.3 Å². The Kier molecular flexibility index (Phi) is 5.27. The molecule has 7 rings (SSSR count). The summed E-state index contributed by atoms with van der Waals surface area (Å²) in [6.45, 7) is 0. The molecule has 0 atom stereocenters. The van der Waals surface area contributed by atoms with Crippen LogP contribution in [0.15, 0.2) is 109 Å². The molecule has 0 nitrogen and oxygen atoms in total. The summed E-state index contributed by atoms with van der Waals surface area (Å²) in [5.74, 6) is 0. The van der Waals surface area contributed by atoms with Gasteiger partial charge in [0.1, 0.15) is 31.4 Å². The van der Waals surface area contributed by atoms with Crippen LogP contribution in [0.2, 0.25) is 0 Å². The van der Waals surface area contributed by atoms with Gasteiger partial charge in [0.05, 0.1) is 0 Å². The molecule has 0 bridgehead atoms. The largest absolute Gasteiger partial charge is 0.113 e. The Hall–Kier alpha value is -4.16. The molecule has 4 heteroatoms. The van der Waals surface area contributed by atoms with Crippen LogP contribution in [0.1, 0.15) is 0 Å². The smallest absolute Gasteiger partial charge is 0.110 e. The van der Waals surface area contributed by atoms with Gasteiger partial charge in [-0.3, -0.25) is 0 Å². The third-order valence-corrected chi connectivity index (χ3v) is 7.73. The Bertz CT molecular complexity index is 2000. The summed E-state index contributed by atoms with van der Waals surface area (Å²) in [4.78, 5) is 0. The van der Waals surface area contributed by atoms with E-state index in [9.17, 15) is 0 Å². The molecule has 7 aromatic carbocycles. The van der Waals surface area contributed by atoms with E-state index >= 15 is 0 Å². The average Bonchev–Trinajstić information content (AvgIpc) is 2.97. The Morgan fingerprint density at radius 1 is 0.342 bits per heavy atom. The maximum absolute atomic E-state index is 6.55. The van der Waals surface area contributed by atoms with Crippen LogP contribution in [-0.4, -0.2) is 31.4 Å². The van der Waals surface area contributed by atoms with E-state index in [0.29, 0.717) is 21.9 Å². The molecule has 0 aliphatic rings. The third-order valence-electron chi connectivity index (χ3n) is 7.73. The standard InChI is InChI=1S/C34H18B4/c35-31-26-17-16-19-14-15-21(18-27(19)30(26)32(36)34(38)33(31)37)29-24-12-6-4-10-22(24)28(20-8-2-1-3-9-20)23-11-5-7-13-25(23)29/h1-18H. The highest BCUT2D eigenvalue weighted by atomic mass is 14.2. The number of hydrogen-bond acceptors (Lipinski definition) is 0. The van der Waals surface area contributed by atoms with Crippen molar-refractivity contribution >= 4 is 96.3 Å². The zero-order valence-electron chi connectivity index (χ0n) is 20.7. The molecule has 0 aliphatic heterocycles. The summed E-state index contributed by atoms with van der Waals surface area (Å²) in [5, 5.41) is 8.53. The first kappa shape index (κ1) is 23.0. The molecule has 0 saturated heterocycles. The zero-order chi connectivity index (χ0) is 26.0. The second-order valence-corrected chi connectivity index (χ2v) is 9.79. The van der Waals surface area contributed by atoms with Crippen LogP contribution < -0.4 is 21.9 Å². The molecule has 0 N–H and O–H groups in total. The van der Waals surface area contributed by atoms with Gasteiger partial charge in [0.25, 0.3) is 0 Å². The molecule has 0 heterocycles. The van der Waals surface area contributed by atoms with E-state index in [2.05, 4.69) is 103 Å². The molecule has 0 aromatic heterocycles. The highest BCUT2D eigenvalue weighted by Crippen LogP contribution is 2.44. The first-order valence-electron chi connectivity index (χ1n) is 12.6. The van der Waals surface area contributed by atoms with E-state index in [0.717, 1.165) is 27.1 Å². The molecule has 38 heavy (non-hydrogen) atoms. The Balaban J connectivity index is 1.63. The van der Waals surface area contributed by atoms with Crippen LogP contribution in [0.25, 0.3) is 65.3 Å². The third kappa shape index (κ3) is 3.30. The topological polar surface area (TPSA) is 0 Å². The summed E-state index contributed by atoms with van der Waals surface area (Å²) in [7, 11) is 25.4. The van der Waals surface area contributed by atoms with Crippen LogP contribution in [0.3, 0.4) is 0 Å². The van der Waals surface area contributed by atoms with Crippen molar-refractivity contribution in [1.29, 1.82) is 0 Å². The maximum atomic E-state index is 6.55. The normalized spacial score (nSPS) is 11.6. The fraction of sp³-hybridized carbons (Fsp3) is 0. The summed E-state index contributed by atoms with van der Waals surface area (Å²) in [6.07, 6.45) is 0. The summed E-state index contributed by atoms with van der Waals surface area (Å²) >= 11 is 0. The van der Waals surface area contributed by atoms with Gasteiger partial charge in [0.15, 0.2) is 0 Å². The van der Waals surface area contributed by atoms with Crippen molar-refractivity contribution in [2.24, 2.45) is 0 Å². The minimum absolute atomic E-state index is 0.330. The van der Waals surface area contributed by atoms with Gasteiger partial charge in [-0.2, -0.15) is 0 Å². The van der Waals surface area contributed by atoms with Gasteiger partial charge < -0.3 is 0 Å². The van der Waals surface area contributed by atoms with E-state index < -0.39 is 0 Å². The lowest BCUT2D eigenvalue weighted by Crippen LogP contribution is -2.47. The fourth-order valence-electron chi connectivity index (χ4n) is 5.91. The van der Waals surface area contributed by atoms with Crippen molar-refractivity contribution in [3.05, 3.63) is 109 Å². The van der Waals surface area contributed by atoms with Crippen LogP contribution in [-0.2, 0) is 0 Å².